The molecule has 0 bridgehead atoms. The van der Waals surface area contributed by atoms with E-state index in [1.165, 1.54) is 10.9 Å². The molecule has 30 heavy (non-hydrogen) atoms. The highest BCUT2D eigenvalue weighted by molar-refractivity contribution is 7.20. The number of nitrogens with zero attached hydrogens (tertiary/aromatic N) is 2. The summed E-state index contributed by atoms with van der Waals surface area (Å²) in [5, 5.41) is 5.94. The first-order valence-corrected chi connectivity index (χ1v) is 10.6. The minimum Gasteiger partial charge on any atom is -0.492 e. The van der Waals surface area contributed by atoms with Crippen LogP contribution in [0.4, 0.5) is 5.69 Å². The van der Waals surface area contributed by atoms with E-state index in [1.807, 2.05) is 19.9 Å². The van der Waals surface area contributed by atoms with Gasteiger partial charge in [-0.2, -0.15) is 0 Å². The van der Waals surface area contributed by atoms with Gasteiger partial charge in [0.15, 0.2) is 0 Å². The van der Waals surface area contributed by atoms with E-state index in [0.29, 0.717) is 45.2 Å². The molecule has 9 heteroatoms. The lowest BCUT2D eigenvalue weighted by Crippen LogP contribution is -2.32. The maximum atomic E-state index is 12.9. The second kappa shape index (κ2) is 9.53. The predicted octanol–water partition coefficient (Wildman–Crippen LogP) is 2.94. The Morgan fingerprint density at radius 1 is 1.23 bits per heavy atom. The third kappa shape index (κ3) is 4.51. The van der Waals surface area contributed by atoms with Crippen LogP contribution in [-0.4, -0.2) is 34.5 Å². The van der Waals surface area contributed by atoms with Crippen molar-refractivity contribution in [2.45, 2.75) is 33.7 Å². The molecule has 158 valence electrons. The number of amides is 2. The van der Waals surface area contributed by atoms with E-state index >= 15 is 0 Å². The maximum Gasteiger partial charge on any atom is 0.266 e. The second-order valence-electron chi connectivity index (χ2n) is 6.65. The summed E-state index contributed by atoms with van der Waals surface area (Å²) in [5.74, 6) is -0.0153. The first-order chi connectivity index (χ1) is 14.5. The quantitative estimate of drug-likeness (QED) is 0.574. The fourth-order valence-corrected chi connectivity index (χ4v) is 4.03. The van der Waals surface area contributed by atoms with Crippen LogP contribution in [0.1, 0.15) is 35.5 Å². The molecule has 0 fully saturated rings. The number of benzene rings is 1. The Morgan fingerprint density at radius 2 is 2.00 bits per heavy atom. The molecular formula is C21H24N4O4S. The highest BCUT2D eigenvalue weighted by Gasteiger charge is 2.21. The number of carbonyl (C=O) groups is 2. The van der Waals surface area contributed by atoms with Crippen molar-refractivity contribution < 1.29 is 14.3 Å². The van der Waals surface area contributed by atoms with Gasteiger partial charge in [-0.1, -0.05) is 19.1 Å². The average molecular weight is 429 g/mol. The fraction of sp³-hybridized carbons (Fsp3) is 0.333. The minimum atomic E-state index is -0.339. The predicted molar refractivity (Wildman–Crippen MR) is 117 cm³/mol. The van der Waals surface area contributed by atoms with Gasteiger partial charge in [0.05, 0.1) is 28.9 Å². The molecule has 2 heterocycles. The summed E-state index contributed by atoms with van der Waals surface area (Å²) in [7, 11) is 0. The number of fused-ring (bicyclic) bond motifs is 1. The van der Waals surface area contributed by atoms with Gasteiger partial charge >= 0.3 is 0 Å². The zero-order chi connectivity index (χ0) is 21.7. The Hall–Kier alpha value is -3.20. The summed E-state index contributed by atoms with van der Waals surface area (Å²) in [6.45, 7) is 6.45. The van der Waals surface area contributed by atoms with Gasteiger partial charge in [0.25, 0.3) is 11.5 Å². The van der Waals surface area contributed by atoms with Crippen LogP contribution >= 0.6 is 11.3 Å². The zero-order valence-electron chi connectivity index (χ0n) is 17.2. The smallest absolute Gasteiger partial charge is 0.266 e. The third-order valence-electron chi connectivity index (χ3n) is 4.44. The number of hydrogen-bond acceptors (Lipinski definition) is 6. The standard InChI is InChI=1S/C21H24N4O4S/c1-4-10-22-16(26)11-25-12-23-20-17(21(25)28)13(3)18(30-20)19(27)24-14-8-6-7-9-15(14)29-5-2/h6-9,12H,4-5,10-11H2,1-3H3,(H,22,26)(H,24,27). The highest BCUT2D eigenvalue weighted by Crippen LogP contribution is 2.29. The van der Waals surface area contributed by atoms with Gasteiger partial charge in [-0.05, 0) is 38.0 Å². The lowest BCUT2D eigenvalue weighted by Gasteiger charge is -2.10. The molecular weight excluding hydrogens is 404 g/mol. The van der Waals surface area contributed by atoms with Crippen LogP contribution in [0.3, 0.4) is 0 Å². The number of thiophene rings is 1. The Labute approximate surface area is 177 Å². The van der Waals surface area contributed by atoms with Crippen molar-refractivity contribution in [3.63, 3.8) is 0 Å². The van der Waals surface area contributed by atoms with Gasteiger partial charge < -0.3 is 15.4 Å². The van der Waals surface area contributed by atoms with E-state index in [2.05, 4.69) is 15.6 Å². The summed E-state index contributed by atoms with van der Waals surface area (Å²) < 4.78 is 6.81. The summed E-state index contributed by atoms with van der Waals surface area (Å²) in [4.78, 5) is 42.9. The SMILES string of the molecule is CCCNC(=O)Cn1cnc2sc(C(=O)Nc3ccccc3OCC)c(C)c2c1=O. The number of para-hydroxylation sites is 2. The zero-order valence-corrected chi connectivity index (χ0v) is 18.0. The van der Waals surface area contributed by atoms with Crippen LogP contribution in [0.15, 0.2) is 35.4 Å². The third-order valence-corrected chi connectivity index (χ3v) is 5.64. The van der Waals surface area contributed by atoms with Crippen molar-refractivity contribution in [2.24, 2.45) is 0 Å². The van der Waals surface area contributed by atoms with E-state index in [0.717, 1.165) is 17.8 Å². The average Bonchev–Trinajstić information content (AvgIpc) is 3.07. The number of rotatable bonds is 8. The van der Waals surface area contributed by atoms with E-state index in [-0.39, 0.29) is 23.9 Å². The molecule has 3 rings (SSSR count). The van der Waals surface area contributed by atoms with E-state index in [1.54, 1.807) is 25.1 Å². The molecule has 0 saturated heterocycles. The summed E-state index contributed by atoms with van der Waals surface area (Å²) in [5.41, 5.74) is 0.760. The molecule has 3 aromatic rings. The Balaban J connectivity index is 1.90. The van der Waals surface area contributed by atoms with E-state index in [4.69, 9.17) is 4.74 Å². The number of anilines is 1. The van der Waals surface area contributed by atoms with Crippen molar-refractivity contribution in [3.8, 4) is 5.75 Å². The minimum absolute atomic E-state index is 0.111. The molecule has 1 aromatic carbocycles. The lowest BCUT2D eigenvalue weighted by atomic mass is 10.2. The molecule has 0 aliphatic heterocycles. The topological polar surface area (TPSA) is 102 Å². The molecule has 8 nitrogen and oxygen atoms in total. The van der Waals surface area contributed by atoms with Crippen LogP contribution in [0, 0.1) is 6.92 Å². The number of ether oxygens (including phenoxy) is 1. The summed E-state index contributed by atoms with van der Waals surface area (Å²) in [6.07, 6.45) is 2.16. The Morgan fingerprint density at radius 3 is 2.73 bits per heavy atom. The van der Waals surface area contributed by atoms with Gasteiger partial charge in [0.2, 0.25) is 5.91 Å². The summed E-state index contributed by atoms with van der Waals surface area (Å²) in [6, 6.07) is 7.17. The monoisotopic (exact) mass is 428 g/mol. The number of carbonyl (C=O) groups excluding carboxylic acids is 2. The van der Waals surface area contributed by atoms with Gasteiger partial charge in [0.1, 0.15) is 17.1 Å². The van der Waals surface area contributed by atoms with Gasteiger partial charge in [-0.15, -0.1) is 11.3 Å². The lowest BCUT2D eigenvalue weighted by molar-refractivity contribution is -0.121. The van der Waals surface area contributed by atoms with Crippen molar-refractivity contribution in [1.82, 2.24) is 14.9 Å². The van der Waals surface area contributed by atoms with Crippen molar-refractivity contribution in [1.29, 1.82) is 0 Å². The second-order valence-corrected chi connectivity index (χ2v) is 7.65. The van der Waals surface area contributed by atoms with Crippen molar-refractivity contribution >= 4 is 39.1 Å². The Kier molecular flexibility index (Phi) is 6.83. The molecule has 2 amide bonds. The normalized spacial score (nSPS) is 10.8. The van der Waals surface area contributed by atoms with Gasteiger partial charge in [-0.25, -0.2) is 4.98 Å². The van der Waals surface area contributed by atoms with Gasteiger partial charge in [-0.3, -0.25) is 19.0 Å². The van der Waals surface area contributed by atoms with Crippen LogP contribution in [-0.2, 0) is 11.3 Å². The Bertz CT molecular complexity index is 1140. The molecule has 0 atom stereocenters. The molecule has 2 N–H and O–H groups in total. The van der Waals surface area contributed by atoms with Crippen LogP contribution in [0.5, 0.6) is 5.75 Å². The highest BCUT2D eigenvalue weighted by atomic mass is 32.1. The molecule has 0 aliphatic carbocycles. The number of hydrogen-bond donors (Lipinski definition) is 2. The van der Waals surface area contributed by atoms with Crippen molar-refractivity contribution in [3.05, 3.63) is 51.4 Å². The van der Waals surface area contributed by atoms with Crippen LogP contribution in [0.25, 0.3) is 10.2 Å². The molecule has 0 spiro atoms. The maximum absolute atomic E-state index is 12.9. The number of aromatic nitrogens is 2. The van der Waals surface area contributed by atoms with Crippen LogP contribution < -0.4 is 20.9 Å². The molecule has 0 radical (unpaired) electrons. The number of nitrogens with one attached hydrogen (secondary N) is 2. The van der Waals surface area contributed by atoms with Gasteiger partial charge in [0, 0.05) is 6.54 Å². The van der Waals surface area contributed by atoms with E-state index < -0.39 is 0 Å². The molecule has 0 unspecified atom stereocenters. The first-order valence-electron chi connectivity index (χ1n) is 9.74. The van der Waals surface area contributed by atoms with Crippen molar-refractivity contribution in [2.75, 3.05) is 18.5 Å². The molecule has 2 aromatic heterocycles. The van der Waals surface area contributed by atoms with Crippen LogP contribution in [0.2, 0.25) is 0 Å². The fourth-order valence-electron chi connectivity index (χ4n) is 2.99. The van der Waals surface area contributed by atoms with E-state index in [9.17, 15) is 14.4 Å². The number of aryl methyl sites for hydroxylation is 1. The molecule has 0 aliphatic rings. The first kappa shape index (κ1) is 21.5. The molecule has 0 saturated carbocycles. The summed E-state index contributed by atoms with van der Waals surface area (Å²) >= 11 is 1.15. The largest absolute Gasteiger partial charge is 0.492 e.